The number of aromatic nitrogens is 1. The van der Waals surface area contributed by atoms with E-state index in [2.05, 4.69) is 75.0 Å². The van der Waals surface area contributed by atoms with Crippen molar-refractivity contribution in [1.82, 2.24) is 0 Å². The van der Waals surface area contributed by atoms with Crippen molar-refractivity contribution in [3.05, 3.63) is 76.0 Å². The summed E-state index contributed by atoms with van der Waals surface area (Å²) in [5, 5.41) is 0. The van der Waals surface area contributed by atoms with E-state index in [1.165, 1.54) is 108 Å². The lowest BCUT2D eigenvalue weighted by Gasteiger charge is -2.43. The van der Waals surface area contributed by atoms with Gasteiger partial charge >= 0.3 is 0 Å². The molecule has 6 rings (SSSR count). The highest BCUT2D eigenvalue weighted by molar-refractivity contribution is 5.85. The van der Waals surface area contributed by atoms with Crippen LogP contribution in [0.2, 0.25) is 0 Å². The van der Waals surface area contributed by atoms with Crippen LogP contribution in [0.25, 0.3) is 22.4 Å². The first-order valence-corrected chi connectivity index (χ1v) is 13.7. The van der Waals surface area contributed by atoms with E-state index >= 15 is 0 Å². The van der Waals surface area contributed by atoms with Crippen molar-refractivity contribution in [3.8, 4) is 22.4 Å². The first-order chi connectivity index (χ1) is 16.5. The first kappa shape index (κ1) is 22.1. The van der Waals surface area contributed by atoms with Crippen LogP contribution in [0.4, 0.5) is 0 Å². The minimum atomic E-state index is 0.694. The maximum absolute atomic E-state index is 2.50. The highest BCUT2D eigenvalue weighted by Gasteiger charge is 2.37. The molecule has 0 bridgehead atoms. The monoisotopic (exact) mass is 450 g/mol. The summed E-state index contributed by atoms with van der Waals surface area (Å²) in [6, 6.07) is 14.0. The Morgan fingerprint density at radius 2 is 1.50 bits per heavy atom. The van der Waals surface area contributed by atoms with Crippen molar-refractivity contribution < 1.29 is 4.57 Å². The van der Waals surface area contributed by atoms with E-state index in [-0.39, 0.29) is 0 Å². The van der Waals surface area contributed by atoms with E-state index in [9.17, 15) is 0 Å². The van der Waals surface area contributed by atoms with Gasteiger partial charge in [-0.2, -0.15) is 0 Å². The standard InChI is InChI=1S/C33H40N/c1-22-9-8-10-26-27-12-11-23(2)32(29(27)20-28(22)26)31-19-24(3)30(21-34(31)4)25-13-17-33(18-14-25)15-6-5-7-16-33/h8-12,19,21,25H,5-7,13-18,20H2,1-4H3/q+1. The Morgan fingerprint density at radius 3 is 2.26 bits per heavy atom. The first-order valence-electron chi connectivity index (χ1n) is 13.7. The molecule has 176 valence electrons. The number of rotatable bonds is 2. The van der Waals surface area contributed by atoms with Crippen molar-refractivity contribution in [3.63, 3.8) is 0 Å². The molecule has 3 aliphatic carbocycles. The average molecular weight is 451 g/mol. The molecule has 1 nitrogen and oxygen atoms in total. The second-order valence-corrected chi connectivity index (χ2v) is 11.8. The Morgan fingerprint density at radius 1 is 0.765 bits per heavy atom. The largest absolute Gasteiger partial charge is 0.213 e. The van der Waals surface area contributed by atoms with Gasteiger partial charge in [0.05, 0.1) is 5.56 Å². The second-order valence-electron chi connectivity index (χ2n) is 11.8. The molecule has 1 heteroatoms. The van der Waals surface area contributed by atoms with Gasteiger partial charge in [0.25, 0.3) is 0 Å². The Hall–Kier alpha value is -2.41. The summed E-state index contributed by atoms with van der Waals surface area (Å²) in [5.41, 5.74) is 15.3. The van der Waals surface area contributed by atoms with Crippen molar-refractivity contribution in [2.24, 2.45) is 12.5 Å². The number of nitrogens with zero attached hydrogens (tertiary/aromatic N) is 1. The fourth-order valence-corrected chi connectivity index (χ4v) is 7.71. The lowest BCUT2D eigenvalue weighted by Crippen LogP contribution is -2.34. The van der Waals surface area contributed by atoms with Gasteiger partial charge < -0.3 is 0 Å². The lowest BCUT2D eigenvalue weighted by molar-refractivity contribution is -0.661. The highest BCUT2D eigenvalue weighted by Crippen LogP contribution is 2.51. The zero-order valence-electron chi connectivity index (χ0n) is 21.6. The molecule has 0 unspecified atom stereocenters. The maximum atomic E-state index is 2.50. The van der Waals surface area contributed by atoms with Crippen LogP contribution in [0, 0.1) is 26.2 Å². The number of aryl methyl sites for hydroxylation is 4. The molecular formula is C33H40N+. The maximum Gasteiger partial charge on any atom is 0.213 e. The van der Waals surface area contributed by atoms with E-state index < -0.39 is 0 Å². The third-order valence-electron chi connectivity index (χ3n) is 9.75. The quantitative estimate of drug-likeness (QED) is 0.270. The average Bonchev–Trinajstić information content (AvgIpc) is 3.22. The van der Waals surface area contributed by atoms with E-state index in [0.29, 0.717) is 5.41 Å². The topological polar surface area (TPSA) is 3.88 Å². The molecule has 2 aromatic carbocycles. The number of fused-ring (bicyclic) bond motifs is 3. The molecule has 0 amide bonds. The van der Waals surface area contributed by atoms with Crippen molar-refractivity contribution in [1.29, 1.82) is 0 Å². The Bertz CT molecular complexity index is 1250. The number of hydrogen-bond donors (Lipinski definition) is 0. The summed E-state index contributed by atoms with van der Waals surface area (Å²) >= 11 is 0. The van der Waals surface area contributed by atoms with Gasteiger partial charge in [0.1, 0.15) is 7.05 Å². The van der Waals surface area contributed by atoms with E-state index in [0.717, 1.165) is 12.3 Å². The summed E-state index contributed by atoms with van der Waals surface area (Å²) < 4.78 is 2.44. The summed E-state index contributed by atoms with van der Waals surface area (Å²) in [7, 11) is 2.27. The highest BCUT2D eigenvalue weighted by atomic mass is 14.9. The minimum Gasteiger partial charge on any atom is -0.201 e. The van der Waals surface area contributed by atoms with E-state index in [4.69, 9.17) is 0 Å². The van der Waals surface area contributed by atoms with Gasteiger partial charge in [0.2, 0.25) is 5.69 Å². The van der Waals surface area contributed by atoms with Crippen LogP contribution in [-0.4, -0.2) is 0 Å². The lowest BCUT2D eigenvalue weighted by atomic mass is 9.62. The molecule has 0 radical (unpaired) electrons. The summed E-state index contributed by atoms with van der Waals surface area (Å²) in [4.78, 5) is 0. The van der Waals surface area contributed by atoms with E-state index in [1.54, 1.807) is 5.56 Å². The smallest absolute Gasteiger partial charge is 0.201 e. The zero-order chi connectivity index (χ0) is 23.4. The van der Waals surface area contributed by atoms with Crippen LogP contribution in [0.1, 0.15) is 97.1 Å². The SMILES string of the molecule is Cc1cc(-c2c(C)ccc3c2Cc2c(C)cccc2-3)[n+](C)cc1C1CCC2(CCCCC2)CC1. The fraction of sp³-hybridized carbons (Fsp3) is 0.485. The molecule has 0 atom stereocenters. The summed E-state index contributed by atoms with van der Waals surface area (Å²) in [6.45, 7) is 6.92. The Kier molecular flexibility index (Phi) is 5.43. The molecule has 0 saturated heterocycles. The normalized spacial score (nSPS) is 19.3. The minimum absolute atomic E-state index is 0.694. The van der Waals surface area contributed by atoms with Gasteiger partial charge in [-0.1, -0.05) is 49.6 Å². The molecule has 0 aliphatic heterocycles. The summed E-state index contributed by atoms with van der Waals surface area (Å²) in [5.74, 6) is 0.738. The van der Waals surface area contributed by atoms with Gasteiger partial charge in [0.15, 0.2) is 6.20 Å². The second kappa shape index (κ2) is 8.36. The van der Waals surface area contributed by atoms with Crippen LogP contribution in [0.3, 0.4) is 0 Å². The predicted molar refractivity (Wildman–Crippen MR) is 142 cm³/mol. The van der Waals surface area contributed by atoms with Crippen LogP contribution in [-0.2, 0) is 13.5 Å². The number of hydrogen-bond acceptors (Lipinski definition) is 0. The predicted octanol–water partition coefficient (Wildman–Crippen LogP) is 8.28. The molecule has 3 aliphatic rings. The van der Waals surface area contributed by atoms with Crippen LogP contribution in [0.15, 0.2) is 42.6 Å². The van der Waals surface area contributed by atoms with Gasteiger partial charge in [-0.3, -0.25) is 0 Å². The van der Waals surface area contributed by atoms with Gasteiger partial charge in [-0.25, -0.2) is 4.57 Å². The van der Waals surface area contributed by atoms with Crippen LogP contribution in [0.5, 0.6) is 0 Å². The summed E-state index contributed by atoms with van der Waals surface area (Å²) in [6.07, 6.45) is 16.6. The van der Waals surface area contributed by atoms with Crippen LogP contribution >= 0.6 is 0 Å². The van der Waals surface area contributed by atoms with E-state index in [1.807, 2.05) is 0 Å². The molecule has 1 spiro atoms. The van der Waals surface area contributed by atoms with Gasteiger partial charge in [0, 0.05) is 11.6 Å². The molecular weight excluding hydrogens is 410 g/mol. The molecule has 1 aromatic heterocycles. The molecule has 0 N–H and O–H groups in total. The molecule has 34 heavy (non-hydrogen) atoms. The number of benzene rings is 2. The third kappa shape index (κ3) is 3.55. The molecule has 3 aromatic rings. The molecule has 2 saturated carbocycles. The zero-order valence-corrected chi connectivity index (χ0v) is 21.6. The van der Waals surface area contributed by atoms with Crippen LogP contribution < -0.4 is 4.57 Å². The van der Waals surface area contributed by atoms with Crippen molar-refractivity contribution in [2.45, 2.75) is 90.9 Å². The Labute approximate surface area is 206 Å². The molecule has 2 fully saturated rings. The van der Waals surface area contributed by atoms with Gasteiger partial charge in [-0.05, 0) is 116 Å². The van der Waals surface area contributed by atoms with Crippen molar-refractivity contribution >= 4 is 0 Å². The Balaban J connectivity index is 1.34. The van der Waals surface area contributed by atoms with Crippen molar-refractivity contribution in [2.75, 3.05) is 0 Å². The molecule has 1 heterocycles. The van der Waals surface area contributed by atoms with Gasteiger partial charge in [-0.15, -0.1) is 0 Å². The fourth-order valence-electron chi connectivity index (χ4n) is 7.71. The third-order valence-corrected chi connectivity index (χ3v) is 9.75. The number of pyridine rings is 1.